The van der Waals surface area contributed by atoms with Gasteiger partial charge in [0.05, 0.1) is 43.0 Å². The highest BCUT2D eigenvalue weighted by atomic mass is 35.5. The molecule has 0 aliphatic carbocycles. The standard InChI is InChI=1S/C21H24Cl2N2O3S.C19H20Cl2N2O3S/c1-3-15-11-10-14(2)25(12-15)21(26)19-9-4-6-16(24-19)13-29(27,28)20-17(22)7-5-8-18(20)23;1-12-9-10-13(2)23(12)19(24)17-8-3-5-14(22-17)11-27(25,26)18-15(20)6-4-7-16(18)21/h4-9,14-15H,3,10-13H2,1-2H3;3-8,12-13H,9-11H2,1-2H3. The molecule has 2 amide bonds. The van der Waals surface area contributed by atoms with E-state index in [0.717, 1.165) is 32.1 Å². The number of piperidine rings is 1. The maximum absolute atomic E-state index is 13.0. The Kier molecular flexibility index (Phi) is 14.5. The van der Waals surface area contributed by atoms with Crippen LogP contribution in [0.5, 0.6) is 0 Å². The van der Waals surface area contributed by atoms with Crippen LogP contribution in [0.3, 0.4) is 0 Å². The van der Waals surface area contributed by atoms with Gasteiger partial charge in [-0.3, -0.25) is 9.59 Å². The number of likely N-dealkylation sites (tertiary alicyclic amines) is 2. The van der Waals surface area contributed by atoms with Crippen molar-refractivity contribution >= 4 is 77.9 Å². The molecule has 2 aliphatic heterocycles. The summed E-state index contributed by atoms with van der Waals surface area (Å²) in [5.74, 6) is -0.623. The van der Waals surface area contributed by atoms with Gasteiger partial charge in [-0.2, -0.15) is 0 Å². The number of pyridine rings is 2. The number of benzene rings is 2. The summed E-state index contributed by atoms with van der Waals surface area (Å²) in [4.78, 5) is 38.0. The number of carbonyl (C=O) groups excluding carboxylic acids is 2. The first-order valence-electron chi connectivity index (χ1n) is 18.3. The van der Waals surface area contributed by atoms with Crippen molar-refractivity contribution in [1.82, 2.24) is 19.8 Å². The van der Waals surface area contributed by atoms with Gasteiger partial charge in [0, 0.05) is 24.7 Å². The first-order chi connectivity index (χ1) is 26.4. The van der Waals surface area contributed by atoms with Gasteiger partial charge in [0.1, 0.15) is 21.2 Å². The minimum absolute atomic E-state index is 0.0643. The largest absolute Gasteiger partial charge is 0.334 e. The van der Waals surface area contributed by atoms with E-state index >= 15 is 0 Å². The Hall–Kier alpha value is -3.26. The highest BCUT2D eigenvalue weighted by molar-refractivity contribution is 7.91. The topological polar surface area (TPSA) is 135 Å². The molecular weight excluding hydrogens is 838 g/mol. The number of amides is 2. The Morgan fingerprint density at radius 2 is 1.00 bits per heavy atom. The number of carbonyl (C=O) groups is 2. The molecule has 300 valence electrons. The molecule has 56 heavy (non-hydrogen) atoms. The summed E-state index contributed by atoms with van der Waals surface area (Å²) >= 11 is 24.2. The first-order valence-corrected chi connectivity index (χ1v) is 23.1. The minimum atomic E-state index is -3.82. The zero-order valence-corrected chi connectivity index (χ0v) is 36.1. The normalized spacial score (nSPS) is 20.0. The third kappa shape index (κ3) is 10.2. The van der Waals surface area contributed by atoms with E-state index in [1.54, 1.807) is 48.5 Å². The van der Waals surface area contributed by atoms with E-state index in [1.165, 1.54) is 24.3 Å². The van der Waals surface area contributed by atoms with E-state index in [9.17, 15) is 26.4 Å². The number of aromatic nitrogens is 2. The lowest BCUT2D eigenvalue weighted by molar-refractivity contribution is 0.0550. The zero-order chi connectivity index (χ0) is 40.9. The molecule has 2 fully saturated rings. The molecular formula is C40H44Cl4N4O6S2. The molecule has 0 spiro atoms. The van der Waals surface area contributed by atoms with Gasteiger partial charge < -0.3 is 9.80 Å². The molecule has 2 aliphatic rings. The monoisotopic (exact) mass is 880 g/mol. The number of hydrogen-bond acceptors (Lipinski definition) is 8. The molecule has 4 atom stereocenters. The predicted molar refractivity (Wildman–Crippen MR) is 221 cm³/mol. The molecule has 4 aromatic rings. The number of halogens is 4. The van der Waals surface area contributed by atoms with Crippen molar-refractivity contribution in [3.63, 3.8) is 0 Å². The van der Waals surface area contributed by atoms with E-state index in [2.05, 4.69) is 16.9 Å². The van der Waals surface area contributed by atoms with E-state index in [4.69, 9.17) is 46.4 Å². The van der Waals surface area contributed by atoms with Crippen molar-refractivity contribution in [3.8, 4) is 0 Å². The van der Waals surface area contributed by atoms with Crippen LogP contribution in [0.4, 0.5) is 0 Å². The fourth-order valence-corrected chi connectivity index (χ4v) is 12.2. The Morgan fingerprint density at radius 1 is 0.607 bits per heavy atom. The predicted octanol–water partition coefficient (Wildman–Crippen LogP) is 9.39. The highest BCUT2D eigenvalue weighted by Crippen LogP contribution is 2.33. The minimum Gasteiger partial charge on any atom is -0.334 e. The van der Waals surface area contributed by atoms with Crippen molar-refractivity contribution in [3.05, 3.63) is 116 Å². The molecule has 0 saturated carbocycles. The molecule has 16 heteroatoms. The van der Waals surface area contributed by atoms with Gasteiger partial charge in [0.25, 0.3) is 11.8 Å². The third-order valence-corrected chi connectivity index (χ3v) is 15.4. The lowest BCUT2D eigenvalue weighted by Gasteiger charge is -2.37. The molecule has 0 N–H and O–H groups in total. The zero-order valence-electron chi connectivity index (χ0n) is 31.5. The van der Waals surface area contributed by atoms with Crippen LogP contribution in [-0.4, -0.2) is 73.1 Å². The van der Waals surface area contributed by atoms with Gasteiger partial charge in [-0.05, 0) is 101 Å². The number of nitrogens with zero attached hydrogens (tertiary/aromatic N) is 4. The average Bonchev–Trinajstić information content (AvgIpc) is 3.47. The van der Waals surface area contributed by atoms with Crippen molar-refractivity contribution in [2.45, 2.75) is 99.2 Å². The molecule has 0 radical (unpaired) electrons. The van der Waals surface area contributed by atoms with Crippen LogP contribution in [0.25, 0.3) is 0 Å². The summed E-state index contributed by atoms with van der Waals surface area (Å²) < 4.78 is 51.3. The van der Waals surface area contributed by atoms with Crippen LogP contribution in [-0.2, 0) is 31.2 Å². The van der Waals surface area contributed by atoms with Crippen LogP contribution in [0.2, 0.25) is 20.1 Å². The van der Waals surface area contributed by atoms with Gasteiger partial charge in [0.15, 0.2) is 19.7 Å². The fourth-order valence-electron chi connectivity index (χ4n) is 7.12. The van der Waals surface area contributed by atoms with Gasteiger partial charge in [-0.15, -0.1) is 0 Å². The van der Waals surface area contributed by atoms with Crippen LogP contribution in [0.1, 0.15) is 92.2 Å². The second-order valence-electron chi connectivity index (χ2n) is 14.3. The Morgan fingerprint density at radius 3 is 1.43 bits per heavy atom. The maximum Gasteiger partial charge on any atom is 0.272 e. The van der Waals surface area contributed by atoms with Crippen molar-refractivity contribution in [1.29, 1.82) is 0 Å². The summed E-state index contributed by atoms with van der Waals surface area (Å²) in [5, 5.41) is 0.263. The molecule has 4 unspecified atom stereocenters. The molecule has 6 rings (SSSR count). The Labute approximate surface area is 349 Å². The Balaban J connectivity index is 0.000000215. The quantitative estimate of drug-likeness (QED) is 0.162. The lowest BCUT2D eigenvalue weighted by atomic mass is 9.91. The second kappa shape index (κ2) is 18.6. The van der Waals surface area contributed by atoms with Crippen LogP contribution in [0.15, 0.2) is 82.6 Å². The molecule has 4 heterocycles. The maximum atomic E-state index is 13.0. The fraction of sp³-hybridized carbons (Fsp3) is 0.400. The van der Waals surface area contributed by atoms with Crippen LogP contribution >= 0.6 is 46.4 Å². The molecule has 2 saturated heterocycles. The van der Waals surface area contributed by atoms with Crippen molar-refractivity contribution in [2.75, 3.05) is 6.54 Å². The molecule has 10 nitrogen and oxygen atoms in total. The van der Waals surface area contributed by atoms with E-state index in [1.807, 2.05) is 30.6 Å². The molecule has 2 aromatic heterocycles. The highest BCUT2D eigenvalue weighted by Gasteiger charge is 2.33. The smallest absolute Gasteiger partial charge is 0.272 e. The Bertz CT molecular complexity index is 2260. The summed E-state index contributed by atoms with van der Waals surface area (Å²) in [5.41, 5.74) is 1.06. The summed E-state index contributed by atoms with van der Waals surface area (Å²) in [6, 6.07) is 19.2. The molecule has 0 bridgehead atoms. The van der Waals surface area contributed by atoms with Gasteiger partial charge in [0.2, 0.25) is 0 Å². The van der Waals surface area contributed by atoms with E-state index < -0.39 is 19.7 Å². The number of hydrogen-bond donors (Lipinski definition) is 0. The summed E-state index contributed by atoms with van der Waals surface area (Å²) in [6.07, 6.45) is 5.01. The summed E-state index contributed by atoms with van der Waals surface area (Å²) in [7, 11) is -7.63. The van der Waals surface area contributed by atoms with E-state index in [0.29, 0.717) is 12.5 Å². The molecule has 2 aromatic carbocycles. The van der Waals surface area contributed by atoms with Crippen LogP contribution in [0, 0.1) is 5.92 Å². The van der Waals surface area contributed by atoms with Gasteiger partial charge in [-0.1, -0.05) is 84.0 Å². The van der Waals surface area contributed by atoms with Gasteiger partial charge >= 0.3 is 0 Å². The third-order valence-electron chi connectivity index (χ3n) is 10.2. The van der Waals surface area contributed by atoms with Crippen molar-refractivity contribution in [2.24, 2.45) is 5.92 Å². The van der Waals surface area contributed by atoms with Gasteiger partial charge in [-0.25, -0.2) is 26.8 Å². The average molecular weight is 883 g/mol. The summed E-state index contributed by atoms with van der Waals surface area (Å²) in [6.45, 7) is 8.89. The first kappa shape index (κ1) is 43.9. The SMILES string of the molecule is CC1CCC(C)N1C(=O)c1cccc(CS(=O)(=O)c2c(Cl)cccc2Cl)n1.CCC1CCC(C)N(C(=O)c2cccc(CS(=O)(=O)c3c(Cl)cccc3Cl)n2)C1. The van der Waals surface area contributed by atoms with Crippen LogP contribution < -0.4 is 0 Å². The number of rotatable bonds is 9. The van der Waals surface area contributed by atoms with E-state index in [-0.39, 0.29) is 94.1 Å². The second-order valence-corrected chi connectivity index (χ2v) is 19.8. The van der Waals surface area contributed by atoms with Crippen molar-refractivity contribution < 1.29 is 26.4 Å². The number of sulfone groups is 2. The lowest BCUT2D eigenvalue weighted by Crippen LogP contribution is -2.45.